The second kappa shape index (κ2) is 4.90. The minimum absolute atomic E-state index is 0.171. The van der Waals surface area contributed by atoms with Crippen molar-refractivity contribution in [2.24, 2.45) is 7.05 Å². The number of hydrogen-bond acceptors (Lipinski definition) is 2. The molecule has 18 heavy (non-hydrogen) atoms. The Balaban J connectivity index is 2.58. The Bertz CT molecular complexity index is 573. The van der Waals surface area contributed by atoms with Gasteiger partial charge in [-0.25, -0.2) is 4.39 Å². The van der Waals surface area contributed by atoms with Crippen molar-refractivity contribution in [3.05, 3.63) is 41.0 Å². The number of aromatic nitrogens is 2. The summed E-state index contributed by atoms with van der Waals surface area (Å²) >= 11 is 0. The largest absolute Gasteiger partial charge is 0.314 e. The number of nitrogens with one attached hydrogen (secondary N) is 1. The first-order valence-electron chi connectivity index (χ1n) is 5.98. The number of nitrogens with zero attached hydrogens (tertiary/aromatic N) is 2. The molecule has 3 nitrogen and oxygen atoms in total. The Labute approximate surface area is 107 Å². The Morgan fingerprint density at radius 1 is 1.33 bits per heavy atom. The zero-order valence-electron chi connectivity index (χ0n) is 11.2. The third kappa shape index (κ3) is 2.16. The first-order valence-corrected chi connectivity index (χ1v) is 5.98. The van der Waals surface area contributed by atoms with E-state index >= 15 is 0 Å². The Kier molecular flexibility index (Phi) is 3.48. The summed E-state index contributed by atoms with van der Waals surface area (Å²) in [5.74, 6) is -0.171. The van der Waals surface area contributed by atoms with E-state index in [1.54, 1.807) is 6.92 Å². The van der Waals surface area contributed by atoms with Gasteiger partial charge < -0.3 is 5.32 Å². The maximum atomic E-state index is 13.3. The topological polar surface area (TPSA) is 29.9 Å². The van der Waals surface area contributed by atoms with Crippen molar-refractivity contribution in [2.45, 2.75) is 20.4 Å². The van der Waals surface area contributed by atoms with Crippen LogP contribution in [0.2, 0.25) is 0 Å². The van der Waals surface area contributed by atoms with E-state index in [4.69, 9.17) is 0 Å². The fraction of sp³-hybridized carbons (Fsp3) is 0.357. The molecule has 0 spiro atoms. The summed E-state index contributed by atoms with van der Waals surface area (Å²) in [6, 6.07) is 5.20. The monoisotopic (exact) mass is 247 g/mol. The molecule has 1 aromatic heterocycles. The van der Waals surface area contributed by atoms with Gasteiger partial charge in [-0.05, 0) is 44.2 Å². The average molecular weight is 247 g/mol. The van der Waals surface area contributed by atoms with Gasteiger partial charge in [-0.1, -0.05) is 6.07 Å². The number of rotatable bonds is 3. The van der Waals surface area contributed by atoms with Crippen molar-refractivity contribution in [1.82, 2.24) is 15.1 Å². The molecule has 0 aliphatic heterocycles. The van der Waals surface area contributed by atoms with Crippen LogP contribution >= 0.6 is 0 Å². The van der Waals surface area contributed by atoms with E-state index in [0.717, 1.165) is 29.1 Å². The molecule has 0 bridgehead atoms. The average Bonchev–Trinajstić information content (AvgIpc) is 2.59. The van der Waals surface area contributed by atoms with Crippen LogP contribution in [0.4, 0.5) is 4.39 Å². The highest BCUT2D eigenvalue weighted by atomic mass is 19.1. The predicted octanol–water partition coefficient (Wildman–Crippen LogP) is 2.56. The number of benzene rings is 1. The SMILES string of the molecule is CNCc1c(-c2ccc(F)c(C)c2)c(C)nn1C. The second-order valence-corrected chi connectivity index (χ2v) is 4.53. The molecule has 0 saturated heterocycles. The molecule has 0 aliphatic carbocycles. The van der Waals surface area contributed by atoms with E-state index in [-0.39, 0.29) is 5.82 Å². The molecule has 2 rings (SSSR count). The zero-order valence-corrected chi connectivity index (χ0v) is 11.2. The molecule has 2 aromatic rings. The van der Waals surface area contributed by atoms with Gasteiger partial charge in [0.25, 0.3) is 0 Å². The minimum atomic E-state index is -0.171. The lowest BCUT2D eigenvalue weighted by molar-refractivity contribution is 0.618. The Morgan fingerprint density at radius 3 is 2.67 bits per heavy atom. The summed E-state index contributed by atoms with van der Waals surface area (Å²) in [6.45, 7) is 4.50. The van der Waals surface area contributed by atoms with Crippen LogP contribution in [0.25, 0.3) is 11.1 Å². The van der Waals surface area contributed by atoms with Gasteiger partial charge in [-0.15, -0.1) is 0 Å². The minimum Gasteiger partial charge on any atom is -0.314 e. The van der Waals surface area contributed by atoms with E-state index in [2.05, 4.69) is 10.4 Å². The van der Waals surface area contributed by atoms with Gasteiger partial charge in [-0.3, -0.25) is 4.68 Å². The van der Waals surface area contributed by atoms with Crippen molar-refractivity contribution < 1.29 is 4.39 Å². The summed E-state index contributed by atoms with van der Waals surface area (Å²) in [5.41, 5.74) is 4.85. The van der Waals surface area contributed by atoms with Gasteiger partial charge in [0.1, 0.15) is 5.82 Å². The molecule has 1 N–H and O–H groups in total. The van der Waals surface area contributed by atoms with Gasteiger partial charge in [0, 0.05) is 19.2 Å². The van der Waals surface area contributed by atoms with Crippen LogP contribution in [0.15, 0.2) is 18.2 Å². The van der Waals surface area contributed by atoms with E-state index in [1.165, 1.54) is 6.07 Å². The molecule has 0 radical (unpaired) electrons. The summed E-state index contributed by atoms with van der Waals surface area (Å²) in [5, 5.41) is 7.58. The van der Waals surface area contributed by atoms with Crippen molar-refractivity contribution in [2.75, 3.05) is 7.05 Å². The molecule has 0 unspecified atom stereocenters. The second-order valence-electron chi connectivity index (χ2n) is 4.53. The van der Waals surface area contributed by atoms with Crippen LogP contribution in [0.1, 0.15) is 17.0 Å². The molecule has 0 saturated carbocycles. The molecular formula is C14H18FN3. The van der Waals surface area contributed by atoms with Gasteiger partial charge in [0.2, 0.25) is 0 Å². The molecule has 4 heteroatoms. The number of aryl methyl sites for hydroxylation is 3. The van der Waals surface area contributed by atoms with E-state index in [0.29, 0.717) is 5.56 Å². The van der Waals surface area contributed by atoms with Crippen LogP contribution in [0.3, 0.4) is 0 Å². The molecule has 1 heterocycles. The maximum absolute atomic E-state index is 13.3. The van der Waals surface area contributed by atoms with Gasteiger partial charge in [0.05, 0.1) is 11.4 Å². The lowest BCUT2D eigenvalue weighted by Gasteiger charge is -2.07. The van der Waals surface area contributed by atoms with Gasteiger partial charge in [0.15, 0.2) is 0 Å². The molecule has 96 valence electrons. The molecule has 0 atom stereocenters. The van der Waals surface area contributed by atoms with Crippen molar-refractivity contribution in [1.29, 1.82) is 0 Å². The standard InChI is InChI=1S/C14H18FN3/c1-9-7-11(5-6-12(9)15)14-10(2)17-18(4)13(14)8-16-3/h5-7,16H,8H2,1-4H3. The highest BCUT2D eigenvalue weighted by molar-refractivity contribution is 5.69. The van der Waals surface area contributed by atoms with E-state index in [1.807, 2.05) is 37.8 Å². The van der Waals surface area contributed by atoms with Gasteiger partial charge >= 0.3 is 0 Å². The number of halogens is 1. The highest BCUT2D eigenvalue weighted by Crippen LogP contribution is 2.28. The fourth-order valence-electron chi connectivity index (χ4n) is 2.25. The first kappa shape index (κ1) is 12.8. The molecular weight excluding hydrogens is 229 g/mol. The lowest BCUT2D eigenvalue weighted by atomic mass is 10.0. The van der Waals surface area contributed by atoms with E-state index < -0.39 is 0 Å². The third-order valence-electron chi connectivity index (χ3n) is 3.13. The van der Waals surface area contributed by atoms with Crippen molar-refractivity contribution in [3.63, 3.8) is 0 Å². The third-order valence-corrected chi connectivity index (χ3v) is 3.13. The van der Waals surface area contributed by atoms with E-state index in [9.17, 15) is 4.39 Å². The molecule has 0 aliphatic rings. The normalized spacial score (nSPS) is 10.9. The quantitative estimate of drug-likeness (QED) is 0.903. The lowest BCUT2D eigenvalue weighted by Crippen LogP contribution is -2.10. The maximum Gasteiger partial charge on any atom is 0.126 e. The smallest absolute Gasteiger partial charge is 0.126 e. The summed E-state index contributed by atoms with van der Waals surface area (Å²) in [4.78, 5) is 0. The van der Waals surface area contributed by atoms with Gasteiger partial charge in [-0.2, -0.15) is 5.10 Å². The van der Waals surface area contributed by atoms with Crippen LogP contribution in [-0.4, -0.2) is 16.8 Å². The zero-order chi connectivity index (χ0) is 13.3. The Morgan fingerprint density at radius 2 is 2.06 bits per heavy atom. The first-order chi connectivity index (χ1) is 8.54. The van der Waals surface area contributed by atoms with Crippen LogP contribution in [0, 0.1) is 19.7 Å². The van der Waals surface area contributed by atoms with Crippen molar-refractivity contribution >= 4 is 0 Å². The fourth-order valence-corrected chi connectivity index (χ4v) is 2.25. The molecule has 1 aromatic carbocycles. The van der Waals surface area contributed by atoms with Crippen molar-refractivity contribution in [3.8, 4) is 11.1 Å². The Hall–Kier alpha value is -1.68. The van der Waals surface area contributed by atoms with Crippen LogP contribution < -0.4 is 5.32 Å². The van der Waals surface area contributed by atoms with Crippen LogP contribution in [-0.2, 0) is 13.6 Å². The summed E-state index contributed by atoms with van der Waals surface area (Å²) in [6.07, 6.45) is 0. The summed E-state index contributed by atoms with van der Waals surface area (Å²) in [7, 11) is 3.83. The summed E-state index contributed by atoms with van der Waals surface area (Å²) < 4.78 is 15.2. The van der Waals surface area contributed by atoms with Crippen LogP contribution in [0.5, 0.6) is 0 Å². The number of hydrogen-bond donors (Lipinski definition) is 1. The highest BCUT2D eigenvalue weighted by Gasteiger charge is 2.15. The molecule has 0 amide bonds. The molecule has 0 fully saturated rings. The predicted molar refractivity (Wildman–Crippen MR) is 70.8 cm³/mol.